The summed E-state index contributed by atoms with van der Waals surface area (Å²) < 4.78 is 0. The summed E-state index contributed by atoms with van der Waals surface area (Å²) in [5, 5.41) is 7.57. The standard InChI is InChI=1S/C2H6O.HI.Ni/c1-2-3;;/h3H,2H2,1H3;1H;. The maximum Gasteiger partial charge on any atom is 0.0402 e. The average Bonchev–Trinajstić information content (AvgIpc) is 0.918. The molecule has 38 valence electrons. The number of aliphatic hydroxyl groups is 1. The van der Waals surface area contributed by atoms with E-state index in [2.05, 4.69) is 0 Å². The largest absolute Gasteiger partial charge is 0.397 e. The number of hydrogen-bond acceptors (Lipinski definition) is 1. The molecule has 0 aliphatic rings. The second kappa shape index (κ2) is 19.0. The van der Waals surface area contributed by atoms with E-state index in [1.807, 2.05) is 0 Å². The van der Waals surface area contributed by atoms with Crippen LogP contribution in [0.15, 0.2) is 0 Å². The van der Waals surface area contributed by atoms with Gasteiger partial charge in [-0.3, -0.25) is 0 Å². The van der Waals surface area contributed by atoms with Crippen molar-refractivity contribution in [3.8, 4) is 0 Å². The Bertz CT molecular complexity index is 9.61. The molecular weight excluding hydrogens is 226 g/mol. The Labute approximate surface area is 59.1 Å². The zero-order chi connectivity index (χ0) is 2.71. The SMILES string of the molecule is CCO.I.[Ni]. The van der Waals surface area contributed by atoms with E-state index in [0.29, 0.717) is 0 Å². The first-order valence-electron chi connectivity index (χ1n) is 1.02. The maximum absolute atomic E-state index is 7.57. The first-order chi connectivity index (χ1) is 1.41. The van der Waals surface area contributed by atoms with Crippen LogP contribution in [0.2, 0.25) is 0 Å². The van der Waals surface area contributed by atoms with Crippen LogP contribution in [0.5, 0.6) is 0 Å². The molecule has 0 saturated carbocycles. The van der Waals surface area contributed by atoms with Crippen molar-refractivity contribution >= 4 is 24.0 Å². The van der Waals surface area contributed by atoms with E-state index in [4.69, 9.17) is 5.11 Å². The van der Waals surface area contributed by atoms with Gasteiger partial charge < -0.3 is 5.11 Å². The number of halogens is 1. The Balaban J connectivity index is -0.0000000200. The van der Waals surface area contributed by atoms with Crippen molar-refractivity contribution in [3.05, 3.63) is 0 Å². The molecule has 0 heterocycles. The molecular formula is C2H7INiO. The van der Waals surface area contributed by atoms with E-state index in [9.17, 15) is 0 Å². The van der Waals surface area contributed by atoms with E-state index in [1.54, 1.807) is 6.92 Å². The second-order valence-electron chi connectivity index (χ2n) is 0.316. The van der Waals surface area contributed by atoms with Crippen LogP contribution in [0.3, 0.4) is 0 Å². The second-order valence-corrected chi connectivity index (χ2v) is 0.316. The molecule has 0 amide bonds. The monoisotopic (exact) mass is 232 g/mol. The van der Waals surface area contributed by atoms with Crippen LogP contribution in [-0.2, 0) is 16.5 Å². The molecule has 0 aliphatic carbocycles. The predicted octanol–water partition coefficient (Wildman–Crippen LogP) is 0.614. The molecule has 0 saturated heterocycles. The minimum Gasteiger partial charge on any atom is -0.397 e. The molecule has 0 atom stereocenters. The Morgan fingerprint density at radius 3 is 1.60 bits per heavy atom. The Morgan fingerprint density at radius 1 is 1.60 bits per heavy atom. The van der Waals surface area contributed by atoms with Crippen LogP contribution in [0.1, 0.15) is 6.92 Å². The summed E-state index contributed by atoms with van der Waals surface area (Å²) >= 11 is 0. The Kier molecular flexibility index (Phi) is 62.4. The molecule has 0 radical (unpaired) electrons. The van der Waals surface area contributed by atoms with E-state index in [0.717, 1.165) is 0 Å². The normalized spacial score (nSPS) is 3.60. The van der Waals surface area contributed by atoms with Crippen molar-refractivity contribution in [2.75, 3.05) is 6.61 Å². The number of hydrogen-bond donors (Lipinski definition) is 1. The molecule has 0 aromatic carbocycles. The molecule has 1 nitrogen and oxygen atoms in total. The van der Waals surface area contributed by atoms with Gasteiger partial charge in [0.2, 0.25) is 0 Å². The third-order valence-electron chi connectivity index (χ3n) is 0. The third kappa shape index (κ3) is 37.5. The van der Waals surface area contributed by atoms with Crippen molar-refractivity contribution in [3.63, 3.8) is 0 Å². The van der Waals surface area contributed by atoms with Crippen molar-refractivity contribution in [1.29, 1.82) is 0 Å². The van der Waals surface area contributed by atoms with Crippen molar-refractivity contribution in [2.45, 2.75) is 6.92 Å². The van der Waals surface area contributed by atoms with Crippen molar-refractivity contribution < 1.29 is 21.6 Å². The zero-order valence-corrected chi connectivity index (χ0v) is 6.20. The van der Waals surface area contributed by atoms with Crippen molar-refractivity contribution in [1.82, 2.24) is 0 Å². The van der Waals surface area contributed by atoms with Gasteiger partial charge >= 0.3 is 0 Å². The summed E-state index contributed by atoms with van der Waals surface area (Å²) in [6.07, 6.45) is 0. The summed E-state index contributed by atoms with van der Waals surface area (Å²) in [5.41, 5.74) is 0. The Hall–Kier alpha value is 1.18. The fourth-order valence-electron chi connectivity index (χ4n) is 0. The van der Waals surface area contributed by atoms with Gasteiger partial charge in [-0.25, -0.2) is 0 Å². The first-order valence-corrected chi connectivity index (χ1v) is 1.02. The fraction of sp³-hybridized carbons (Fsp3) is 1.00. The van der Waals surface area contributed by atoms with E-state index in [-0.39, 0.29) is 47.1 Å². The minimum absolute atomic E-state index is 0. The molecule has 0 aromatic heterocycles. The fourth-order valence-corrected chi connectivity index (χ4v) is 0. The van der Waals surface area contributed by atoms with Gasteiger partial charge in [-0.05, 0) is 6.92 Å². The average molecular weight is 233 g/mol. The van der Waals surface area contributed by atoms with Gasteiger partial charge in [-0.15, -0.1) is 24.0 Å². The Morgan fingerprint density at radius 2 is 1.60 bits per heavy atom. The van der Waals surface area contributed by atoms with E-state index in [1.165, 1.54) is 0 Å². The molecule has 0 unspecified atom stereocenters. The van der Waals surface area contributed by atoms with Crippen LogP contribution < -0.4 is 0 Å². The topological polar surface area (TPSA) is 20.2 Å². The van der Waals surface area contributed by atoms with Gasteiger partial charge in [0.15, 0.2) is 0 Å². The van der Waals surface area contributed by atoms with Crippen LogP contribution in [0.4, 0.5) is 0 Å². The van der Waals surface area contributed by atoms with Crippen LogP contribution in [0.25, 0.3) is 0 Å². The van der Waals surface area contributed by atoms with Gasteiger partial charge in [0.1, 0.15) is 0 Å². The van der Waals surface area contributed by atoms with Gasteiger partial charge in [0, 0.05) is 23.1 Å². The molecule has 0 aromatic rings. The molecule has 0 rings (SSSR count). The van der Waals surface area contributed by atoms with Gasteiger partial charge in [0.05, 0.1) is 0 Å². The first kappa shape index (κ1) is 16.4. The summed E-state index contributed by atoms with van der Waals surface area (Å²) in [4.78, 5) is 0. The molecule has 1 N–H and O–H groups in total. The zero-order valence-electron chi connectivity index (χ0n) is 2.88. The molecule has 5 heavy (non-hydrogen) atoms. The third-order valence-corrected chi connectivity index (χ3v) is 0. The smallest absolute Gasteiger partial charge is 0.0402 e. The molecule has 0 aliphatic heterocycles. The van der Waals surface area contributed by atoms with Crippen LogP contribution in [-0.4, -0.2) is 11.7 Å². The van der Waals surface area contributed by atoms with E-state index >= 15 is 0 Å². The van der Waals surface area contributed by atoms with Crippen LogP contribution in [0, 0.1) is 0 Å². The van der Waals surface area contributed by atoms with Gasteiger partial charge in [-0.2, -0.15) is 0 Å². The predicted molar refractivity (Wildman–Crippen MR) is 28.2 cm³/mol. The van der Waals surface area contributed by atoms with Crippen molar-refractivity contribution in [2.24, 2.45) is 0 Å². The molecule has 0 spiro atoms. The summed E-state index contributed by atoms with van der Waals surface area (Å²) in [5.74, 6) is 0. The van der Waals surface area contributed by atoms with Crippen LogP contribution >= 0.6 is 24.0 Å². The van der Waals surface area contributed by atoms with Gasteiger partial charge in [-0.1, -0.05) is 0 Å². The minimum atomic E-state index is 0. The van der Waals surface area contributed by atoms with E-state index < -0.39 is 0 Å². The summed E-state index contributed by atoms with van der Waals surface area (Å²) in [7, 11) is 0. The summed E-state index contributed by atoms with van der Waals surface area (Å²) in [6, 6.07) is 0. The molecule has 0 bridgehead atoms. The molecule has 0 fully saturated rings. The quantitative estimate of drug-likeness (QED) is 0.480. The molecule has 3 heteroatoms. The maximum atomic E-state index is 7.57. The number of aliphatic hydroxyl groups excluding tert-OH is 1. The van der Waals surface area contributed by atoms with Gasteiger partial charge in [0.25, 0.3) is 0 Å². The summed E-state index contributed by atoms with van der Waals surface area (Å²) in [6.45, 7) is 1.93. The number of rotatable bonds is 0.